The summed E-state index contributed by atoms with van der Waals surface area (Å²) in [6.45, 7) is 3.02. The summed E-state index contributed by atoms with van der Waals surface area (Å²) >= 11 is 12.0. The van der Waals surface area contributed by atoms with Crippen LogP contribution in [0, 0.1) is 0 Å². The molecule has 3 heterocycles. The quantitative estimate of drug-likeness (QED) is 0.407. The predicted octanol–water partition coefficient (Wildman–Crippen LogP) is 4.66. The van der Waals surface area contributed by atoms with Gasteiger partial charge in [0.25, 0.3) is 5.91 Å². The Morgan fingerprint density at radius 2 is 1.67 bits per heavy atom. The van der Waals surface area contributed by atoms with E-state index in [1.807, 2.05) is 24.3 Å². The number of amides is 1. The number of carbonyl (C=O) groups excluding carboxylic acids is 1. The Balaban J connectivity index is 1.17. The zero-order valence-corrected chi connectivity index (χ0v) is 19.0. The number of halogens is 2. The first kappa shape index (κ1) is 21.6. The predicted molar refractivity (Wildman–Crippen MR) is 123 cm³/mol. The molecule has 5 rings (SSSR count). The SMILES string of the molecule is O=C(c1cc(-c2cccc(Cl)c2)on1)N1CCN(Cc2nc(-c3ccc(Cl)cc3)no2)CC1. The van der Waals surface area contributed by atoms with Crippen molar-refractivity contribution in [3.05, 3.63) is 76.2 Å². The van der Waals surface area contributed by atoms with Gasteiger partial charge in [0.05, 0.1) is 6.54 Å². The lowest BCUT2D eigenvalue weighted by Crippen LogP contribution is -2.48. The van der Waals surface area contributed by atoms with E-state index in [-0.39, 0.29) is 11.6 Å². The van der Waals surface area contributed by atoms with E-state index in [0.717, 1.165) is 11.1 Å². The zero-order valence-electron chi connectivity index (χ0n) is 17.4. The highest BCUT2D eigenvalue weighted by molar-refractivity contribution is 6.31. The van der Waals surface area contributed by atoms with Crippen molar-refractivity contribution in [1.82, 2.24) is 25.1 Å². The normalized spacial score (nSPS) is 14.5. The van der Waals surface area contributed by atoms with E-state index in [9.17, 15) is 4.79 Å². The average molecular weight is 484 g/mol. The monoisotopic (exact) mass is 483 g/mol. The Kier molecular flexibility index (Phi) is 6.13. The van der Waals surface area contributed by atoms with Crippen LogP contribution in [-0.2, 0) is 6.54 Å². The molecule has 2 aromatic carbocycles. The Morgan fingerprint density at radius 1 is 0.879 bits per heavy atom. The summed E-state index contributed by atoms with van der Waals surface area (Å²) < 4.78 is 10.8. The number of hydrogen-bond donors (Lipinski definition) is 0. The largest absolute Gasteiger partial charge is 0.355 e. The molecule has 1 aliphatic rings. The van der Waals surface area contributed by atoms with Crippen molar-refractivity contribution in [2.75, 3.05) is 26.2 Å². The fraction of sp³-hybridized carbons (Fsp3) is 0.217. The van der Waals surface area contributed by atoms with Gasteiger partial charge in [-0.1, -0.05) is 45.6 Å². The van der Waals surface area contributed by atoms with E-state index in [1.165, 1.54) is 0 Å². The van der Waals surface area contributed by atoms with Crippen LogP contribution in [0.5, 0.6) is 0 Å². The summed E-state index contributed by atoms with van der Waals surface area (Å²) in [5.41, 5.74) is 1.90. The fourth-order valence-corrected chi connectivity index (χ4v) is 3.97. The van der Waals surface area contributed by atoms with Gasteiger partial charge in [0.2, 0.25) is 11.7 Å². The molecule has 0 N–H and O–H groups in total. The van der Waals surface area contributed by atoms with Gasteiger partial charge in [-0.05, 0) is 36.4 Å². The first-order valence-corrected chi connectivity index (χ1v) is 11.1. The second kappa shape index (κ2) is 9.35. The molecule has 0 aliphatic carbocycles. The van der Waals surface area contributed by atoms with Crippen molar-refractivity contribution >= 4 is 29.1 Å². The molecule has 1 saturated heterocycles. The maximum Gasteiger partial charge on any atom is 0.276 e. The van der Waals surface area contributed by atoms with Crippen LogP contribution in [0.3, 0.4) is 0 Å². The van der Waals surface area contributed by atoms with Gasteiger partial charge in [-0.3, -0.25) is 9.69 Å². The van der Waals surface area contributed by atoms with Crippen LogP contribution in [0.2, 0.25) is 10.0 Å². The first-order valence-electron chi connectivity index (χ1n) is 10.4. The van der Waals surface area contributed by atoms with E-state index >= 15 is 0 Å². The van der Waals surface area contributed by atoms with Crippen LogP contribution >= 0.6 is 23.2 Å². The molecule has 1 fully saturated rings. The van der Waals surface area contributed by atoms with Crippen LogP contribution in [0.4, 0.5) is 0 Å². The molecule has 0 unspecified atom stereocenters. The summed E-state index contributed by atoms with van der Waals surface area (Å²) in [7, 11) is 0. The molecule has 1 amide bonds. The minimum absolute atomic E-state index is 0.158. The average Bonchev–Trinajstić information content (AvgIpc) is 3.50. The zero-order chi connectivity index (χ0) is 22.8. The number of benzene rings is 2. The number of hydrogen-bond acceptors (Lipinski definition) is 7. The van der Waals surface area contributed by atoms with Crippen molar-refractivity contribution in [3.8, 4) is 22.7 Å². The van der Waals surface area contributed by atoms with Crippen LogP contribution in [0.25, 0.3) is 22.7 Å². The maximum atomic E-state index is 12.9. The van der Waals surface area contributed by atoms with Crippen molar-refractivity contribution in [2.45, 2.75) is 6.54 Å². The second-order valence-corrected chi connectivity index (χ2v) is 8.55. The number of rotatable bonds is 5. The molecule has 10 heteroatoms. The molecule has 33 heavy (non-hydrogen) atoms. The molecule has 0 saturated carbocycles. The Labute approximate surface area is 199 Å². The number of nitrogens with zero attached hydrogens (tertiary/aromatic N) is 5. The smallest absolute Gasteiger partial charge is 0.276 e. The van der Waals surface area contributed by atoms with Gasteiger partial charge >= 0.3 is 0 Å². The summed E-state index contributed by atoms with van der Waals surface area (Å²) in [5.74, 6) is 1.40. The van der Waals surface area contributed by atoms with Gasteiger partial charge in [0.15, 0.2) is 11.5 Å². The Hall–Kier alpha value is -3.20. The van der Waals surface area contributed by atoms with E-state index < -0.39 is 0 Å². The minimum Gasteiger partial charge on any atom is -0.355 e. The van der Waals surface area contributed by atoms with Crippen LogP contribution in [-0.4, -0.2) is 57.2 Å². The van der Waals surface area contributed by atoms with Gasteiger partial charge in [-0.2, -0.15) is 4.98 Å². The highest BCUT2D eigenvalue weighted by Gasteiger charge is 2.26. The lowest BCUT2D eigenvalue weighted by molar-refractivity contribution is 0.0605. The first-order chi connectivity index (χ1) is 16.0. The molecule has 0 spiro atoms. The topological polar surface area (TPSA) is 88.5 Å². The summed E-state index contributed by atoms with van der Waals surface area (Å²) in [6.07, 6.45) is 0. The highest BCUT2D eigenvalue weighted by Crippen LogP contribution is 2.24. The number of aromatic nitrogens is 3. The van der Waals surface area contributed by atoms with E-state index in [4.69, 9.17) is 32.2 Å². The molecular formula is C23H19Cl2N5O3. The Morgan fingerprint density at radius 3 is 2.42 bits per heavy atom. The van der Waals surface area contributed by atoms with Crippen molar-refractivity contribution in [1.29, 1.82) is 0 Å². The molecule has 0 atom stereocenters. The molecular weight excluding hydrogens is 465 g/mol. The van der Waals surface area contributed by atoms with Gasteiger partial charge in [0.1, 0.15) is 0 Å². The Bertz CT molecular complexity index is 1260. The summed E-state index contributed by atoms with van der Waals surface area (Å²) in [6, 6.07) is 16.2. The third kappa shape index (κ3) is 4.93. The number of piperazine rings is 1. The van der Waals surface area contributed by atoms with Gasteiger partial charge < -0.3 is 13.9 Å². The van der Waals surface area contributed by atoms with Crippen molar-refractivity contribution in [2.24, 2.45) is 0 Å². The molecule has 0 radical (unpaired) electrons. The van der Waals surface area contributed by atoms with Crippen molar-refractivity contribution < 1.29 is 13.8 Å². The second-order valence-electron chi connectivity index (χ2n) is 7.67. The lowest BCUT2D eigenvalue weighted by atomic mass is 10.1. The highest BCUT2D eigenvalue weighted by atomic mass is 35.5. The van der Waals surface area contributed by atoms with Gasteiger partial charge in [-0.15, -0.1) is 0 Å². The molecule has 4 aromatic rings. The summed E-state index contributed by atoms with van der Waals surface area (Å²) in [5, 5.41) is 9.25. The number of carbonyl (C=O) groups is 1. The van der Waals surface area contributed by atoms with Gasteiger partial charge in [-0.25, -0.2) is 0 Å². The summed E-state index contributed by atoms with van der Waals surface area (Å²) in [4.78, 5) is 21.3. The molecule has 1 aliphatic heterocycles. The molecule has 168 valence electrons. The van der Waals surface area contributed by atoms with Crippen molar-refractivity contribution in [3.63, 3.8) is 0 Å². The third-order valence-electron chi connectivity index (χ3n) is 5.43. The van der Waals surface area contributed by atoms with Crippen LogP contribution in [0.1, 0.15) is 16.4 Å². The van der Waals surface area contributed by atoms with E-state index in [1.54, 1.807) is 35.2 Å². The maximum absolute atomic E-state index is 12.9. The molecule has 8 nitrogen and oxygen atoms in total. The van der Waals surface area contributed by atoms with Crippen LogP contribution in [0.15, 0.2) is 63.6 Å². The van der Waals surface area contributed by atoms with E-state index in [0.29, 0.717) is 60.2 Å². The minimum atomic E-state index is -0.158. The molecule has 0 bridgehead atoms. The van der Waals surface area contributed by atoms with Crippen LogP contribution < -0.4 is 0 Å². The third-order valence-corrected chi connectivity index (χ3v) is 5.91. The standard InChI is InChI=1S/C23H19Cl2N5O3/c24-17-6-4-15(5-7-17)22-26-21(33-28-22)14-29-8-10-30(11-9-29)23(31)19-13-20(32-27-19)16-2-1-3-18(25)12-16/h1-7,12-13H,8-11,14H2. The lowest BCUT2D eigenvalue weighted by Gasteiger charge is -2.33. The fourth-order valence-electron chi connectivity index (χ4n) is 3.65. The molecule has 2 aromatic heterocycles. The van der Waals surface area contributed by atoms with Gasteiger partial charge in [0, 0.05) is 53.4 Å². The van der Waals surface area contributed by atoms with E-state index in [2.05, 4.69) is 20.2 Å².